The number of aromatic amines is 1. The van der Waals surface area contributed by atoms with Crippen LogP contribution >= 0.6 is 0 Å². The Balaban J connectivity index is 2.23. The van der Waals surface area contributed by atoms with Gasteiger partial charge in [-0.1, -0.05) is 0 Å². The van der Waals surface area contributed by atoms with Crippen LogP contribution in [0.3, 0.4) is 0 Å². The van der Waals surface area contributed by atoms with E-state index in [1.54, 1.807) is 0 Å². The summed E-state index contributed by atoms with van der Waals surface area (Å²) in [5.74, 6) is -1.67. The summed E-state index contributed by atoms with van der Waals surface area (Å²) in [6.45, 7) is 0.403. The minimum Gasteiger partial charge on any atom is -0.480 e. The average Bonchev–Trinajstić information content (AvgIpc) is 2.39. The molecule has 1 fully saturated rings. The second kappa shape index (κ2) is 4.96. The second-order valence-corrected chi connectivity index (χ2v) is 3.73. The standard InChI is InChI=1S/C10H11N3O5/c14-8-2-1-6(11-12-8)9(15)13-3-4-18-5-7(13)10(16)17/h1-2,7H,3-5H2,(H,12,14)(H,16,17). The largest absolute Gasteiger partial charge is 0.480 e. The zero-order chi connectivity index (χ0) is 13.1. The number of morpholine rings is 1. The monoisotopic (exact) mass is 253 g/mol. The summed E-state index contributed by atoms with van der Waals surface area (Å²) < 4.78 is 5.03. The molecule has 0 spiro atoms. The fourth-order valence-electron chi connectivity index (χ4n) is 1.66. The highest BCUT2D eigenvalue weighted by molar-refractivity contribution is 5.95. The Hall–Kier alpha value is -2.22. The van der Waals surface area contributed by atoms with Gasteiger partial charge in [-0.25, -0.2) is 9.89 Å². The number of carboxylic acids is 1. The van der Waals surface area contributed by atoms with E-state index in [4.69, 9.17) is 9.84 Å². The Morgan fingerprint density at radius 1 is 1.50 bits per heavy atom. The van der Waals surface area contributed by atoms with Crippen LogP contribution < -0.4 is 5.56 Å². The molecule has 2 heterocycles. The maximum atomic E-state index is 12.0. The van der Waals surface area contributed by atoms with E-state index in [1.165, 1.54) is 11.0 Å². The molecule has 0 aliphatic carbocycles. The van der Waals surface area contributed by atoms with Gasteiger partial charge in [0.1, 0.15) is 5.69 Å². The van der Waals surface area contributed by atoms with Crippen LogP contribution in [0, 0.1) is 0 Å². The molecule has 0 aromatic carbocycles. The van der Waals surface area contributed by atoms with Crippen molar-refractivity contribution in [3.05, 3.63) is 28.2 Å². The molecular formula is C10H11N3O5. The number of nitrogens with zero attached hydrogens (tertiary/aromatic N) is 2. The van der Waals surface area contributed by atoms with E-state index in [9.17, 15) is 14.4 Å². The molecule has 0 saturated carbocycles. The summed E-state index contributed by atoms with van der Waals surface area (Å²) in [6, 6.07) is 1.39. The van der Waals surface area contributed by atoms with Crippen molar-refractivity contribution >= 4 is 11.9 Å². The van der Waals surface area contributed by atoms with Crippen molar-refractivity contribution in [2.45, 2.75) is 6.04 Å². The van der Waals surface area contributed by atoms with Crippen LogP contribution in [0.2, 0.25) is 0 Å². The Morgan fingerprint density at radius 2 is 2.28 bits per heavy atom. The molecule has 8 heteroatoms. The third-order valence-corrected chi connectivity index (χ3v) is 2.57. The molecule has 1 aromatic rings. The summed E-state index contributed by atoms with van der Waals surface area (Å²) in [7, 11) is 0. The fraction of sp³-hybridized carbons (Fsp3) is 0.400. The smallest absolute Gasteiger partial charge is 0.328 e. The number of carboxylic acid groups (broad SMARTS) is 1. The molecule has 1 aromatic heterocycles. The van der Waals surface area contributed by atoms with Gasteiger partial charge in [-0.05, 0) is 6.07 Å². The van der Waals surface area contributed by atoms with Gasteiger partial charge in [-0.3, -0.25) is 9.59 Å². The van der Waals surface area contributed by atoms with Crippen molar-refractivity contribution in [3.63, 3.8) is 0 Å². The van der Waals surface area contributed by atoms with Gasteiger partial charge in [0.25, 0.3) is 11.5 Å². The number of carbonyl (C=O) groups is 2. The first-order valence-electron chi connectivity index (χ1n) is 5.27. The van der Waals surface area contributed by atoms with Crippen LogP contribution in [-0.4, -0.2) is 57.9 Å². The maximum absolute atomic E-state index is 12.0. The van der Waals surface area contributed by atoms with Crippen molar-refractivity contribution in [1.82, 2.24) is 15.1 Å². The lowest BCUT2D eigenvalue weighted by Gasteiger charge is -2.32. The zero-order valence-corrected chi connectivity index (χ0v) is 9.33. The molecule has 1 aliphatic heterocycles. The number of ether oxygens (including phenoxy) is 1. The molecule has 8 nitrogen and oxygen atoms in total. The van der Waals surface area contributed by atoms with Crippen LogP contribution in [0.1, 0.15) is 10.5 Å². The van der Waals surface area contributed by atoms with Crippen LogP contribution in [-0.2, 0) is 9.53 Å². The fourth-order valence-corrected chi connectivity index (χ4v) is 1.66. The molecule has 1 aliphatic rings. The van der Waals surface area contributed by atoms with E-state index in [2.05, 4.69) is 10.2 Å². The minimum atomic E-state index is -1.13. The lowest BCUT2D eigenvalue weighted by molar-refractivity contribution is -0.147. The highest BCUT2D eigenvalue weighted by atomic mass is 16.5. The minimum absolute atomic E-state index is 0.00255. The van der Waals surface area contributed by atoms with Gasteiger partial charge < -0.3 is 14.7 Å². The van der Waals surface area contributed by atoms with Crippen LogP contribution in [0.5, 0.6) is 0 Å². The molecule has 18 heavy (non-hydrogen) atoms. The third kappa shape index (κ3) is 2.38. The first kappa shape index (κ1) is 12.2. The van der Waals surface area contributed by atoms with E-state index in [-0.39, 0.29) is 25.5 Å². The second-order valence-electron chi connectivity index (χ2n) is 3.73. The van der Waals surface area contributed by atoms with Crippen molar-refractivity contribution in [2.75, 3.05) is 19.8 Å². The van der Waals surface area contributed by atoms with Crippen LogP contribution in [0.4, 0.5) is 0 Å². The number of carbonyl (C=O) groups excluding carboxylic acids is 1. The molecule has 0 radical (unpaired) electrons. The first-order chi connectivity index (χ1) is 8.59. The summed E-state index contributed by atoms with van der Waals surface area (Å²) in [4.78, 5) is 35.1. The van der Waals surface area contributed by atoms with Gasteiger partial charge in [0.05, 0.1) is 13.2 Å². The normalized spacial score (nSPS) is 19.6. The van der Waals surface area contributed by atoms with E-state index >= 15 is 0 Å². The Labute approximate surface area is 101 Å². The van der Waals surface area contributed by atoms with E-state index in [0.29, 0.717) is 0 Å². The highest BCUT2D eigenvalue weighted by Crippen LogP contribution is 2.10. The van der Waals surface area contributed by atoms with Crippen molar-refractivity contribution in [3.8, 4) is 0 Å². The molecule has 1 atom stereocenters. The van der Waals surface area contributed by atoms with Crippen molar-refractivity contribution in [2.24, 2.45) is 0 Å². The zero-order valence-electron chi connectivity index (χ0n) is 9.33. The van der Waals surface area contributed by atoms with Gasteiger partial charge in [0.15, 0.2) is 6.04 Å². The SMILES string of the molecule is O=C(O)C1COCCN1C(=O)c1ccc(=O)[nH]n1. The van der Waals surface area contributed by atoms with Crippen LogP contribution in [0.25, 0.3) is 0 Å². The summed E-state index contributed by atoms with van der Waals surface area (Å²) in [5, 5.41) is 14.7. The number of aromatic nitrogens is 2. The number of amides is 1. The predicted molar refractivity (Wildman–Crippen MR) is 58.1 cm³/mol. The number of H-pyrrole nitrogens is 1. The molecule has 1 amide bonds. The van der Waals surface area contributed by atoms with Gasteiger partial charge in [-0.2, -0.15) is 5.10 Å². The number of nitrogens with one attached hydrogen (secondary N) is 1. The number of rotatable bonds is 2. The molecule has 1 saturated heterocycles. The molecule has 96 valence electrons. The summed E-state index contributed by atoms with van der Waals surface area (Å²) in [5.41, 5.74) is -0.425. The topological polar surface area (TPSA) is 113 Å². The summed E-state index contributed by atoms with van der Waals surface area (Å²) >= 11 is 0. The van der Waals surface area contributed by atoms with E-state index < -0.39 is 23.5 Å². The van der Waals surface area contributed by atoms with Gasteiger partial charge in [-0.15, -0.1) is 0 Å². The quantitative estimate of drug-likeness (QED) is 0.677. The molecule has 1 unspecified atom stereocenters. The number of hydrogen-bond acceptors (Lipinski definition) is 5. The number of hydrogen-bond donors (Lipinski definition) is 2. The van der Waals surface area contributed by atoms with Crippen molar-refractivity contribution < 1.29 is 19.4 Å². The third-order valence-electron chi connectivity index (χ3n) is 2.57. The highest BCUT2D eigenvalue weighted by Gasteiger charge is 2.33. The van der Waals surface area contributed by atoms with Gasteiger partial charge in [0, 0.05) is 12.6 Å². The lowest BCUT2D eigenvalue weighted by atomic mass is 10.2. The van der Waals surface area contributed by atoms with E-state index in [0.717, 1.165) is 6.07 Å². The molecule has 0 bridgehead atoms. The lowest BCUT2D eigenvalue weighted by Crippen LogP contribution is -2.52. The maximum Gasteiger partial charge on any atom is 0.328 e. The molecule has 2 N–H and O–H groups in total. The average molecular weight is 253 g/mol. The van der Waals surface area contributed by atoms with Crippen molar-refractivity contribution in [1.29, 1.82) is 0 Å². The number of aliphatic carboxylic acids is 1. The van der Waals surface area contributed by atoms with Gasteiger partial charge in [0.2, 0.25) is 0 Å². The van der Waals surface area contributed by atoms with E-state index in [1.807, 2.05) is 0 Å². The summed E-state index contributed by atoms with van der Waals surface area (Å²) in [6.07, 6.45) is 0. The molecule has 2 rings (SSSR count). The Bertz CT molecular complexity index is 506. The van der Waals surface area contributed by atoms with Crippen LogP contribution in [0.15, 0.2) is 16.9 Å². The Morgan fingerprint density at radius 3 is 2.89 bits per heavy atom. The van der Waals surface area contributed by atoms with Gasteiger partial charge >= 0.3 is 5.97 Å². The Kier molecular flexibility index (Phi) is 3.38. The first-order valence-corrected chi connectivity index (χ1v) is 5.27. The molecular weight excluding hydrogens is 242 g/mol. The predicted octanol–water partition coefficient (Wildman–Crippen LogP) is -1.30.